The number of hydrogen-bond acceptors (Lipinski definition) is 2. The van der Waals surface area contributed by atoms with Gasteiger partial charge in [0.1, 0.15) is 0 Å². The number of allylic oxidation sites excluding steroid dienone is 5. The molecule has 4 rings (SSSR count). The van der Waals surface area contributed by atoms with Crippen molar-refractivity contribution in [2.75, 3.05) is 14.1 Å². The summed E-state index contributed by atoms with van der Waals surface area (Å²) in [5.41, 5.74) is 2.84. The lowest BCUT2D eigenvalue weighted by Crippen LogP contribution is -2.02. The topological polar surface area (TPSA) is 20.3 Å². The Balaban J connectivity index is 1.62. The van der Waals surface area contributed by atoms with E-state index < -0.39 is 0 Å². The van der Waals surface area contributed by atoms with Crippen molar-refractivity contribution < 1.29 is 4.79 Å². The number of carbonyl (C=O) groups is 1. The number of ketones is 1. The second kappa shape index (κ2) is 7.65. The van der Waals surface area contributed by atoms with Gasteiger partial charge in [0.05, 0.1) is 0 Å². The molecule has 0 saturated heterocycles. The molecule has 0 bridgehead atoms. The lowest BCUT2D eigenvalue weighted by atomic mass is 9.99. The maximum absolute atomic E-state index is 12.7. The minimum Gasteiger partial charge on any atom is -0.383 e. The molecule has 0 amide bonds. The van der Waals surface area contributed by atoms with Gasteiger partial charge < -0.3 is 4.90 Å². The van der Waals surface area contributed by atoms with Gasteiger partial charge in [-0.25, -0.2) is 0 Å². The fraction of sp³-hybridized carbons (Fsp3) is 0.160. The van der Waals surface area contributed by atoms with Gasteiger partial charge in [-0.3, -0.25) is 4.79 Å². The van der Waals surface area contributed by atoms with Crippen molar-refractivity contribution in [3.05, 3.63) is 94.7 Å². The number of halogens is 1. The highest BCUT2D eigenvalue weighted by Gasteiger charge is 2.16. The van der Waals surface area contributed by atoms with Gasteiger partial charge in [-0.1, -0.05) is 66.2 Å². The minimum atomic E-state index is -0.00272. The molecular weight excluding hydrogens is 366 g/mol. The van der Waals surface area contributed by atoms with Gasteiger partial charge in [-0.15, -0.1) is 0 Å². The molecule has 3 heteroatoms. The van der Waals surface area contributed by atoms with Gasteiger partial charge in [0.25, 0.3) is 0 Å². The van der Waals surface area contributed by atoms with E-state index >= 15 is 0 Å². The molecule has 0 radical (unpaired) electrons. The van der Waals surface area contributed by atoms with Crippen molar-refractivity contribution in [3.8, 4) is 0 Å². The van der Waals surface area contributed by atoms with Crippen molar-refractivity contribution in [2.45, 2.75) is 12.8 Å². The van der Waals surface area contributed by atoms with E-state index in [1.165, 1.54) is 16.2 Å². The van der Waals surface area contributed by atoms with E-state index in [-0.39, 0.29) is 5.78 Å². The van der Waals surface area contributed by atoms with Crippen LogP contribution in [0.5, 0.6) is 0 Å². The van der Waals surface area contributed by atoms with E-state index in [4.69, 9.17) is 11.6 Å². The van der Waals surface area contributed by atoms with E-state index in [2.05, 4.69) is 24.3 Å². The minimum absolute atomic E-state index is 0.00272. The lowest BCUT2D eigenvalue weighted by Gasteiger charge is -2.06. The number of rotatable bonds is 4. The van der Waals surface area contributed by atoms with E-state index in [1.54, 1.807) is 6.08 Å². The Hall–Kier alpha value is -2.84. The summed E-state index contributed by atoms with van der Waals surface area (Å²) >= 11 is 6.47. The summed E-state index contributed by atoms with van der Waals surface area (Å²) in [7, 11) is 3.97. The Morgan fingerprint density at radius 2 is 1.71 bits per heavy atom. The number of nitrogens with zero attached hydrogens (tertiary/aromatic N) is 1. The summed E-state index contributed by atoms with van der Waals surface area (Å²) in [6.07, 6.45) is 7.32. The zero-order valence-corrected chi connectivity index (χ0v) is 16.8. The van der Waals surface area contributed by atoms with Crippen LogP contribution in [-0.2, 0) is 0 Å². The van der Waals surface area contributed by atoms with Crippen LogP contribution in [0.1, 0.15) is 23.2 Å². The third kappa shape index (κ3) is 3.61. The number of hydrogen-bond donors (Lipinski definition) is 0. The molecule has 0 spiro atoms. The van der Waals surface area contributed by atoms with Crippen LogP contribution in [-0.4, -0.2) is 24.8 Å². The van der Waals surface area contributed by atoms with Crippen molar-refractivity contribution in [3.63, 3.8) is 0 Å². The van der Waals surface area contributed by atoms with Crippen LogP contribution in [0.4, 0.5) is 0 Å². The fourth-order valence-corrected chi connectivity index (χ4v) is 4.02. The van der Waals surface area contributed by atoms with Crippen LogP contribution in [0.25, 0.3) is 21.5 Å². The highest BCUT2D eigenvalue weighted by molar-refractivity contribution is 6.33. The standard InChI is InChI=1S/C25H22ClNO/c1-27(2)16-21-10-8-18(25(21)26)12-14-24(28)20-11-13-23-19(15-20)9-7-17-5-3-4-6-22(17)23/h3-7,9,11-16H,8,10H2,1-2H3/b14-12+,21-16+. The van der Waals surface area contributed by atoms with Crippen molar-refractivity contribution >= 4 is 38.9 Å². The van der Waals surface area contributed by atoms with E-state index in [9.17, 15) is 4.79 Å². The van der Waals surface area contributed by atoms with E-state index in [0.29, 0.717) is 5.56 Å². The Bertz CT molecular complexity index is 1170. The monoisotopic (exact) mass is 387 g/mol. The van der Waals surface area contributed by atoms with Crippen molar-refractivity contribution in [2.24, 2.45) is 0 Å². The second-order valence-corrected chi connectivity index (χ2v) is 7.76. The normalized spacial score (nSPS) is 16.0. The van der Waals surface area contributed by atoms with E-state index in [1.807, 2.05) is 61.6 Å². The molecule has 0 saturated carbocycles. The summed E-state index contributed by atoms with van der Waals surface area (Å²) < 4.78 is 0. The molecule has 140 valence electrons. The molecular formula is C25H22ClNO. The maximum atomic E-state index is 12.7. The predicted molar refractivity (Wildman–Crippen MR) is 119 cm³/mol. The quantitative estimate of drug-likeness (QED) is 0.290. The van der Waals surface area contributed by atoms with Crippen LogP contribution in [0.15, 0.2) is 89.1 Å². The highest BCUT2D eigenvalue weighted by Crippen LogP contribution is 2.35. The summed E-state index contributed by atoms with van der Waals surface area (Å²) in [6.45, 7) is 0. The van der Waals surface area contributed by atoms with Gasteiger partial charge in [0.15, 0.2) is 5.78 Å². The molecule has 0 atom stereocenters. The Kier molecular flexibility index (Phi) is 5.06. The molecule has 0 aromatic heterocycles. The summed E-state index contributed by atoms with van der Waals surface area (Å²) in [4.78, 5) is 14.7. The smallest absolute Gasteiger partial charge is 0.185 e. The molecule has 0 N–H and O–H groups in total. The van der Waals surface area contributed by atoms with Crippen LogP contribution in [0.3, 0.4) is 0 Å². The molecule has 3 aromatic carbocycles. The van der Waals surface area contributed by atoms with Crippen LogP contribution in [0.2, 0.25) is 0 Å². The number of carbonyl (C=O) groups excluding carboxylic acids is 1. The predicted octanol–water partition coefficient (Wildman–Crippen LogP) is 6.46. The van der Waals surface area contributed by atoms with Gasteiger partial charge in [0.2, 0.25) is 0 Å². The van der Waals surface area contributed by atoms with Crippen LogP contribution >= 0.6 is 11.6 Å². The first kappa shape index (κ1) is 18.5. The Labute approximate surface area is 170 Å². The van der Waals surface area contributed by atoms with Gasteiger partial charge in [-0.05, 0) is 57.7 Å². The molecule has 0 heterocycles. The van der Waals surface area contributed by atoms with Gasteiger partial charge in [-0.2, -0.15) is 0 Å². The first-order valence-corrected chi connectivity index (χ1v) is 9.81. The zero-order chi connectivity index (χ0) is 19.7. The molecule has 28 heavy (non-hydrogen) atoms. The number of fused-ring (bicyclic) bond motifs is 3. The summed E-state index contributed by atoms with van der Waals surface area (Å²) in [6, 6.07) is 18.4. The van der Waals surface area contributed by atoms with Crippen LogP contribution in [0, 0.1) is 0 Å². The first-order chi connectivity index (χ1) is 13.5. The molecule has 1 aliphatic rings. The number of benzene rings is 3. The Morgan fingerprint density at radius 1 is 0.964 bits per heavy atom. The average Bonchev–Trinajstić information content (AvgIpc) is 3.04. The molecule has 0 aliphatic heterocycles. The fourth-order valence-electron chi connectivity index (χ4n) is 3.72. The van der Waals surface area contributed by atoms with Crippen LogP contribution < -0.4 is 0 Å². The van der Waals surface area contributed by atoms with Crippen molar-refractivity contribution in [1.82, 2.24) is 4.90 Å². The van der Waals surface area contributed by atoms with Gasteiger partial charge >= 0.3 is 0 Å². The van der Waals surface area contributed by atoms with E-state index in [0.717, 1.165) is 34.4 Å². The molecule has 0 unspecified atom stereocenters. The largest absolute Gasteiger partial charge is 0.383 e. The van der Waals surface area contributed by atoms with Crippen molar-refractivity contribution in [1.29, 1.82) is 0 Å². The SMILES string of the molecule is CN(C)/C=C1\CCC(/C=C/C(=O)c2ccc3c(ccc4ccccc43)c2)=C1Cl. The molecule has 3 aromatic rings. The third-order valence-electron chi connectivity index (χ3n) is 5.11. The average molecular weight is 388 g/mol. The first-order valence-electron chi connectivity index (χ1n) is 9.43. The summed E-state index contributed by atoms with van der Waals surface area (Å²) in [5, 5.41) is 5.42. The second-order valence-electron chi connectivity index (χ2n) is 7.38. The maximum Gasteiger partial charge on any atom is 0.185 e. The zero-order valence-electron chi connectivity index (χ0n) is 16.1. The highest BCUT2D eigenvalue weighted by atomic mass is 35.5. The molecule has 1 aliphatic carbocycles. The molecule has 0 fully saturated rings. The summed E-state index contributed by atoms with van der Waals surface area (Å²) in [5.74, 6) is -0.00272. The molecule has 2 nitrogen and oxygen atoms in total. The lowest BCUT2D eigenvalue weighted by molar-refractivity contribution is 0.104. The third-order valence-corrected chi connectivity index (χ3v) is 5.59. The van der Waals surface area contributed by atoms with Gasteiger partial charge in [0, 0.05) is 30.9 Å². The Morgan fingerprint density at radius 3 is 2.54 bits per heavy atom.